The predicted octanol–water partition coefficient (Wildman–Crippen LogP) is 6.40. The first-order valence-corrected chi connectivity index (χ1v) is 11.1. The van der Waals surface area contributed by atoms with Gasteiger partial charge in [0.1, 0.15) is 17.2 Å². The van der Waals surface area contributed by atoms with Crippen LogP contribution in [0.1, 0.15) is 79.6 Å². The first kappa shape index (κ1) is 21.2. The van der Waals surface area contributed by atoms with Crippen molar-refractivity contribution in [1.82, 2.24) is 5.16 Å². The van der Waals surface area contributed by atoms with Crippen LogP contribution in [0.3, 0.4) is 0 Å². The Hall–Kier alpha value is -3.08. The zero-order chi connectivity index (χ0) is 22.1. The molecule has 1 aromatic heterocycles. The maximum absolute atomic E-state index is 12.9. The van der Waals surface area contributed by atoms with E-state index in [1.165, 1.54) is 23.6 Å². The first-order chi connectivity index (χ1) is 14.9. The van der Waals surface area contributed by atoms with E-state index in [1.54, 1.807) is 6.07 Å². The van der Waals surface area contributed by atoms with Crippen molar-refractivity contribution in [1.29, 1.82) is 0 Å². The Balaban J connectivity index is 1.93. The van der Waals surface area contributed by atoms with Gasteiger partial charge in [0.05, 0.1) is 5.56 Å². The highest BCUT2D eigenvalue weighted by molar-refractivity contribution is 6.03. The second-order valence-electron chi connectivity index (χ2n) is 8.68. The van der Waals surface area contributed by atoms with Crippen LogP contribution in [-0.4, -0.2) is 21.2 Å². The van der Waals surface area contributed by atoms with Gasteiger partial charge in [-0.25, -0.2) is 0 Å². The minimum atomic E-state index is -0.101. The number of aromatic hydroxyl groups is 2. The van der Waals surface area contributed by atoms with Gasteiger partial charge in [0.15, 0.2) is 0 Å². The summed E-state index contributed by atoms with van der Waals surface area (Å²) in [6, 6.07) is 9.36. The molecule has 0 bridgehead atoms. The normalized spacial score (nSPS) is 13.4. The molecule has 1 heterocycles. The molecule has 0 amide bonds. The molecule has 31 heavy (non-hydrogen) atoms. The number of fused-ring (bicyclic) bond motifs is 1. The molecule has 5 heteroatoms. The van der Waals surface area contributed by atoms with Crippen LogP contribution in [0.15, 0.2) is 34.9 Å². The van der Waals surface area contributed by atoms with Gasteiger partial charge in [-0.3, -0.25) is 4.79 Å². The molecule has 0 aliphatic heterocycles. The number of phenols is 2. The maximum atomic E-state index is 12.9. The SMILES string of the molecule is CCCC(=O)c1onc(-c2cc(C(C)C)c(O)cc2O)c1-c1ccc2c(c1)CCCC2. The number of Topliss-reactive ketones (excluding diaryl/α,β-unsaturated/α-hetero) is 1. The lowest BCUT2D eigenvalue weighted by molar-refractivity contribution is 0.0947. The monoisotopic (exact) mass is 419 g/mol. The largest absolute Gasteiger partial charge is 0.508 e. The molecule has 5 nitrogen and oxygen atoms in total. The van der Waals surface area contributed by atoms with Crippen LogP contribution in [0.4, 0.5) is 0 Å². The molecule has 0 saturated heterocycles. The molecule has 3 aromatic rings. The van der Waals surface area contributed by atoms with Crippen LogP contribution >= 0.6 is 0 Å². The molecule has 0 saturated carbocycles. The summed E-state index contributed by atoms with van der Waals surface area (Å²) in [5, 5.41) is 25.1. The third-order valence-electron chi connectivity index (χ3n) is 6.08. The molecule has 0 fully saturated rings. The topological polar surface area (TPSA) is 83.6 Å². The standard InChI is InChI=1S/C26H29NO4/c1-4-7-21(28)26-24(18-11-10-16-8-5-6-9-17(16)12-18)25(27-31-26)20-13-19(15(2)3)22(29)14-23(20)30/h10-15,29-30H,4-9H2,1-3H3. The fraction of sp³-hybridized carbons (Fsp3) is 0.385. The fourth-order valence-electron chi connectivity index (χ4n) is 4.41. The highest BCUT2D eigenvalue weighted by Crippen LogP contribution is 2.43. The molecule has 0 radical (unpaired) electrons. The molecule has 0 atom stereocenters. The van der Waals surface area contributed by atoms with E-state index in [2.05, 4.69) is 17.3 Å². The van der Waals surface area contributed by atoms with Crippen molar-refractivity contribution in [3.63, 3.8) is 0 Å². The van der Waals surface area contributed by atoms with Crippen LogP contribution in [0.5, 0.6) is 11.5 Å². The van der Waals surface area contributed by atoms with Gasteiger partial charge in [0.2, 0.25) is 11.5 Å². The van der Waals surface area contributed by atoms with Crippen LogP contribution in [0, 0.1) is 0 Å². The number of aromatic nitrogens is 1. The van der Waals surface area contributed by atoms with Gasteiger partial charge in [-0.15, -0.1) is 0 Å². The lowest BCUT2D eigenvalue weighted by atomic mass is 9.87. The zero-order valence-corrected chi connectivity index (χ0v) is 18.4. The second-order valence-corrected chi connectivity index (χ2v) is 8.68. The maximum Gasteiger partial charge on any atom is 0.210 e. The molecular weight excluding hydrogens is 390 g/mol. The Morgan fingerprint density at radius 1 is 1.06 bits per heavy atom. The third-order valence-corrected chi connectivity index (χ3v) is 6.08. The zero-order valence-electron chi connectivity index (χ0n) is 18.4. The van der Waals surface area contributed by atoms with Gasteiger partial charge >= 0.3 is 0 Å². The molecular formula is C26H29NO4. The van der Waals surface area contributed by atoms with Crippen molar-refractivity contribution in [2.24, 2.45) is 0 Å². The lowest BCUT2D eigenvalue weighted by Crippen LogP contribution is -2.03. The predicted molar refractivity (Wildman–Crippen MR) is 121 cm³/mol. The summed E-state index contributed by atoms with van der Waals surface area (Å²) in [7, 11) is 0. The van der Waals surface area contributed by atoms with E-state index < -0.39 is 0 Å². The number of phenolic OH excluding ortho intramolecular Hbond substituents is 2. The molecule has 2 aromatic carbocycles. The van der Waals surface area contributed by atoms with Crippen molar-refractivity contribution in [3.05, 3.63) is 52.8 Å². The Morgan fingerprint density at radius 3 is 2.52 bits per heavy atom. The van der Waals surface area contributed by atoms with Crippen LogP contribution in [0.25, 0.3) is 22.4 Å². The van der Waals surface area contributed by atoms with Gasteiger partial charge in [-0.2, -0.15) is 0 Å². The van der Waals surface area contributed by atoms with Crippen molar-refractivity contribution in [2.75, 3.05) is 0 Å². The van der Waals surface area contributed by atoms with E-state index in [0.29, 0.717) is 35.2 Å². The summed E-state index contributed by atoms with van der Waals surface area (Å²) in [4.78, 5) is 12.9. The molecule has 162 valence electrons. The summed E-state index contributed by atoms with van der Waals surface area (Å²) in [6.45, 7) is 5.90. The molecule has 2 N–H and O–H groups in total. The second kappa shape index (κ2) is 8.58. The summed E-state index contributed by atoms with van der Waals surface area (Å²) in [6.07, 6.45) is 5.52. The summed E-state index contributed by atoms with van der Waals surface area (Å²) in [5.74, 6) is 0.128. The highest BCUT2D eigenvalue weighted by Gasteiger charge is 2.27. The summed E-state index contributed by atoms with van der Waals surface area (Å²) in [5.41, 5.74) is 5.71. The summed E-state index contributed by atoms with van der Waals surface area (Å²) < 4.78 is 5.58. The van der Waals surface area contributed by atoms with Gasteiger partial charge in [-0.1, -0.05) is 44.1 Å². The molecule has 4 rings (SSSR count). The van der Waals surface area contributed by atoms with Gasteiger partial charge in [-0.05, 0) is 66.3 Å². The van der Waals surface area contributed by atoms with Crippen LogP contribution < -0.4 is 0 Å². The quantitative estimate of drug-likeness (QED) is 0.451. The number of hydrogen-bond acceptors (Lipinski definition) is 5. The third kappa shape index (κ3) is 3.97. The van der Waals surface area contributed by atoms with E-state index in [0.717, 1.165) is 24.8 Å². The number of hydrogen-bond donors (Lipinski definition) is 2. The minimum Gasteiger partial charge on any atom is -0.508 e. The molecule has 1 aliphatic carbocycles. The van der Waals surface area contributed by atoms with E-state index >= 15 is 0 Å². The number of benzene rings is 2. The molecule has 0 unspecified atom stereocenters. The highest BCUT2D eigenvalue weighted by atomic mass is 16.5. The van der Waals surface area contributed by atoms with Crippen LogP contribution in [0.2, 0.25) is 0 Å². The van der Waals surface area contributed by atoms with E-state index in [4.69, 9.17) is 4.52 Å². The number of nitrogens with zero attached hydrogens (tertiary/aromatic N) is 1. The first-order valence-electron chi connectivity index (χ1n) is 11.1. The van der Waals surface area contributed by atoms with Crippen LogP contribution in [-0.2, 0) is 12.8 Å². The fourth-order valence-corrected chi connectivity index (χ4v) is 4.41. The van der Waals surface area contributed by atoms with Gasteiger partial charge in [0.25, 0.3) is 0 Å². The smallest absolute Gasteiger partial charge is 0.210 e. The van der Waals surface area contributed by atoms with Crippen molar-refractivity contribution in [2.45, 2.75) is 65.2 Å². The number of ketones is 1. The average molecular weight is 420 g/mol. The Bertz CT molecular complexity index is 1130. The van der Waals surface area contributed by atoms with E-state index in [-0.39, 0.29) is 29.0 Å². The number of carbonyl (C=O) groups is 1. The van der Waals surface area contributed by atoms with Gasteiger partial charge in [0, 0.05) is 18.1 Å². The van der Waals surface area contributed by atoms with Crippen molar-refractivity contribution in [3.8, 4) is 33.9 Å². The summed E-state index contributed by atoms with van der Waals surface area (Å²) >= 11 is 0. The lowest BCUT2D eigenvalue weighted by Gasteiger charge is -2.17. The van der Waals surface area contributed by atoms with Crippen molar-refractivity contribution >= 4 is 5.78 Å². The van der Waals surface area contributed by atoms with Crippen molar-refractivity contribution < 1.29 is 19.5 Å². The minimum absolute atomic E-state index is 0.0392. The number of carbonyl (C=O) groups excluding carboxylic acids is 1. The number of rotatable bonds is 6. The Morgan fingerprint density at radius 2 is 1.81 bits per heavy atom. The van der Waals surface area contributed by atoms with E-state index in [9.17, 15) is 15.0 Å². The Labute approximate surface area is 182 Å². The molecule has 0 spiro atoms. The van der Waals surface area contributed by atoms with Gasteiger partial charge < -0.3 is 14.7 Å². The number of aryl methyl sites for hydroxylation is 2. The Kier molecular flexibility index (Phi) is 5.86. The average Bonchev–Trinajstić information content (AvgIpc) is 3.18. The van der Waals surface area contributed by atoms with E-state index in [1.807, 2.05) is 26.8 Å². The molecule has 1 aliphatic rings.